The Labute approximate surface area is 221 Å². The molecule has 11 nitrogen and oxygen atoms in total. The summed E-state index contributed by atoms with van der Waals surface area (Å²) < 4.78 is 70.3. The first kappa shape index (κ1) is 27.1. The molecule has 0 saturated carbocycles. The minimum atomic E-state index is -3.88. The van der Waals surface area contributed by atoms with Crippen molar-refractivity contribution in [1.29, 1.82) is 0 Å². The average molecular weight is 562 g/mol. The van der Waals surface area contributed by atoms with Crippen LogP contribution in [0.3, 0.4) is 0 Å². The van der Waals surface area contributed by atoms with Crippen LogP contribution in [0.1, 0.15) is 6.92 Å². The molecule has 0 radical (unpaired) electrons. The zero-order valence-electron chi connectivity index (χ0n) is 20.9. The Bertz CT molecular complexity index is 1520. The lowest BCUT2D eigenvalue weighted by atomic mass is 10.2. The molecule has 13 heteroatoms. The molecule has 0 fully saturated rings. The monoisotopic (exact) mass is 561 g/mol. The molecule has 0 unspecified atom stereocenters. The Kier molecular flexibility index (Phi) is 7.69. The average Bonchev–Trinajstić information content (AvgIpc) is 2.88. The Morgan fingerprint density at radius 2 is 1.50 bits per heavy atom. The molecule has 1 aliphatic rings. The van der Waals surface area contributed by atoms with Crippen LogP contribution >= 0.6 is 0 Å². The van der Waals surface area contributed by atoms with Crippen LogP contribution in [0.4, 0.5) is 17.1 Å². The van der Waals surface area contributed by atoms with Crippen molar-refractivity contribution < 1.29 is 35.8 Å². The van der Waals surface area contributed by atoms with Gasteiger partial charge in [0.15, 0.2) is 11.5 Å². The lowest BCUT2D eigenvalue weighted by Gasteiger charge is -2.29. The number of nitrogens with one attached hydrogen (secondary N) is 2. The predicted octanol–water partition coefficient (Wildman–Crippen LogP) is 3.06. The molecule has 38 heavy (non-hydrogen) atoms. The number of hydrogen-bond acceptors (Lipinski definition) is 8. The molecular formula is C25H27N3O8S2. The zero-order valence-corrected chi connectivity index (χ0v) is 22.5. The van der Waals surface area contributed by atoms with E-state index in [4.69, 9.17) is 14.2 Å². The highest BCUT2D eigenvalue weighted by molar-refractivity contribution is 7.92. The van der Waals surface area contributed by atoms with E-state index in [1.165, 1.54) is 50.4 Å². The zero-order chi connectivity index (χ0) is 27.5. The first-order valence-electron chi connectivity index (χ1n) is 11.4. The van der Waals surface area contributed by atoms with Crippen molar-refractivity contribution in [2.24, 2.45) is 0 Å². The first-order valence-corrected chi connectivity index (χ1v) is 14.8. The van der Waals surface area contributed by atoms with E-state index in [1.807, 2.05) is 0 Å². The normalized spacial score (nSPS) is 13.8. The van der Waals surface area contributed by atoms with E-state index in [0.29, 0.717) is 41.8 Å². The van der Waals surface area contributed by atoms with Crippen LogP contribution in [0.5, 0.6) is 17.2 Å². The van der Waals surface area contributed by atoms with Crippen LogP contribution in [0.15, 0.2) is 71.6 Å². The molecule has 3 aromatic carbocycles. The molecule has 0 aromatic heterocycles. The molecular weight excluding hydrogens is 534 g/mol. The van der Waals surface area contributed by atoms with Crippen LogP contribution in [-0.4, -0.2) is 55.4 Å². The predicted molar refractivity (Wildman–Crippen MR) is 143 cm³/mol. The first-order chi connectivity index (χ1) is 18.0. The Morgan fingerprint density at radius 1 is 0.895 bits per heavy atom. The van der Waals surface area contributed by atoms with Gasteiger partial charge in [-0.2, -0.15) is 0 Å². The van der Waals surface area contributed by atoms with Gasteiger partial charge >= 0.3 is 0 Å². The Hall–Kier alpha value is -3.97. The highest BCUT2D eigenvalue weighted by Crippen LogP contribution is 2.35. The van der Waals surface area contributed by atoms with E-state index in [0.717, 1.165) is 10.6 Å². The number of ether oxygens (including phenoxy) is 3. The standard InChI is InChI=1S/C25H27N3O8S2/c1-17(28(37(3,30)31)20-8-13-23-24(16-20)36-15-14-35-23)25(29)26-18-6-11-22(12-7-18)38(32,33)27-19-4-9-21(34-2)10-5-19/h4-13,16-17,27H,14-15H2,1-3H3,(H,26,29)/t17-/m0/s1. The van der Waals surface area contributed by atoms with Crippen molar-refractivity contribution in [1.82, 2.24) is 0 Å². The summed E-state index contributed by atoms with van der Waals surface area (Å²) in [7, 11) is -6.23. The third-order valence-electron chi connectivity index (χ3n) is 5.64. The van der Waals surface area contributed by atoms with Crippen molar-refractivity contribution in [2.75, 3.05) is 40.9 Å². The van der Waals surface area contributed by atoms with Crippen molar-refractivity contribution in [3.05, 3.63) is 66.7 Å². The summed E-state index contributed by atoms with van der Waals surface area (Å²) in [5.74, 6) is 0.847. The number of methoxy groups -OCH3 is 1. The van der Waals surface area contributed by atoms with E-state index < -0.39 is 32.0 Å². The molecule has 0 spiro atoms. The topological polar surface area (TPSA) is 140 Å². The maximum Gasteiger partial charge on any atom is 0.261 e. The molecule has 0 aliphatic carbocycles. The Balaban J connectivity index is 1.48. The molecule has 1 atom stereocenters. The number of amides is 1. The van der Waals surface area contributed by atoms with Gasteiger partial charge in [-0.05, 0) is 67.6 Å². The summed E-state index contributed by atoms with van der Waals surface area (Å²) >= 11 is 0. The van der Waals surface area contributed by atoms with Crippen molar-refractivity contribution in [3.8, 4) is 17.2 Å². The third-order valence-corrected chi connectivity index (χ3v) is 8.28. The number of anilines is 3. The molecule has 4 rings (SSSR count). The third kappa shape index (κ3) is 6.11. The van der Waals surface area contributed by atoms with Crippen LogP contribution in [0.2, 0.25) is 0 Å². The fourth-order valence-corrected chi connectivity index (χ4v) is 6.04. The number of rotatable bonds is 9. The molecule has 3 aromatic rings. The highest BCUT2D eigenvalue weighted by Gasteiger charge is 2.30. The molecule has 202 valence electrons. The molecule has 1 amide bonds. The van der Waals surface area contributed by atoms with Gasteiger partial charge in [-0.15, -0.1) is 0 Å². The second-order valence-electron chi connectivity index (χ2n) is 8.41. The van der Waals surface area contributed by atoms with Crippen LogP contribution in [0, 0.1) is 0 Å². The summed E-state index contributed by atoms with van der Waals surface area (Å²) in [6.07, 6.45) is 1.00. The number of fused-ring (bicyclic) bond motifs is 1. The van der Waals surface area contributed by atoms with Gasteiger partial charge < -0.3 is 19.5 Å². The summed E-state index contributed by atoms with van der Waals surface area (Å²) in [6, 6.07) is 15.4. The molecule has 0 saturated heterocycles. The van der Waals surface area contributed by atoms with Gasteiger partial charge in [0.2, 0.25) is 15.9 Å². The number of benzene rings is 3. The molecule has 1 aliphatic heterocycles. The largest absolute Gasteiger partial charge is 0.497 e. The summed E-state index contributed by atoms with van der Waals surface area (Å²) in [6.45, 7) is 2.16. The van der Waals surface area contributed by atoms with Crippen LogP contribution < -0.4 is 28.6 Å². The van der Waals surface area contributed by atoms with Crippen LogP contribution in [0.25, 0.3) is 0 Å². The van der Waals surface area contributed by atoms with Gasteiger partial charge in [0.1, 0.15) is 25.0 Å². The van der Waals surface area contributed by atoms with Crippen LogP contribution in [-0.2, 0) is 24.8 Å². The Morgan fingerprint density at radius 3 is 2.11 bits per heavy atom. The van der Waals surface area contributed by atoms with Crippen molar-refractivity contribution in [2.45, 2.75) is 17.9 Å². The molecule has 1 heterocycles. The maximum absolute atomic E-state index is 13.0. The minimum Gasteiger partial charge on any atom is -0.497 e. The lowest BCUT2D eigenvalue weighted by molar-refractivity contribution is -0.116. The number of carbonyl (C=O) groups is 1. The number of sulfonamides is 2. The van der Waals surface area contributed by atoms with Gasteiger partial charge in [0.05, 0.1) is 23.9 Å². The van der Waals surface area contributed by atoms with E-state index in [9.17, 15) is 21.6 Å². The number of hydrogen-bond donors (Lipinski definition) is 2. The highest BCUT2D eigenvalue weighted by atomic mass is 32.2. The van der Waals surface area contributed by atoms with E-state index in [2.05, 4.69) is 10.0 Å². The van der Waals surface area contributed by atoms with Gasteiger partial charge in [-0.25, -0.2) is 16.8 Å². The van der Waals surface area contributed by atoms with Gasteiger partial charge in [-0.3, -0.25) is 13.8 Å². The quantitative estimate of drug-likeness (QED) is 0.406. The number of nitrogens with zero attached hydrogens (tertiary/aromatic N) is 1. The van der Waals surface area contributed by atoms with E-state index in [1.54, 1.807) is 30.3 Å². The van der Waals surface area contributed by atoms with E-state index in [-0.39, 0.29) is 10.6 Å². The molecule has 2 N–H and O–H groups in total. The lowest BCUT2D eigenvalue weighted by Crippen LogP contribution is -2.45. The van der Waals surface area contributed by atoms with Gasteiger partial charge in [0, 0.05) is 17.4 Å². The second-order valence-corrected chi connectivity index (χ2v) is 12.0. The minimum absolute atomic E-state index is 0.0200. The van der Waals surface area contributed by atoms with Gasteiger partial charge in [-0.1, -0.05) is 0 Å². The maximum atomic E-state index is 13.0. The fraction of sp³-hybridized carbons (Fsp3) is 0.240. The summed E-state index contributed by atoms with van der Waals surface area (Å²) in [5.41, 5.74) is 0.892. The van der Waals surface area contributed by atoms with Crippen molar-refractivity contribution in [3.63, 3.8) is 0 Å². The fourth-order valence-electron chi connectivity index (χ4n) is 3.82. The summed E-state index contributed by atoms with van der Waals surface area (Å²) in [4.78, 5) is 13.0. The van der Waals surface area contributed by atoms with Gasteiger partial charge in [0.25, 0.3) is 10.0 Å². The van der Waals surface area contributed by atoms with E-state index >= 15 is 0 Å². The number of carbonyl (C=O) groups excluding carboxylic acids is 1. The smallest absolute Gasteiger partial charge is 0.261 e. The van der Waals surface area contributed by atoms with Crippen molar-refractivity contribution >= 4 is 43.0 Å². The second kappa shape index (κ2) is 10.8. The SMILES string of the molecule is COc1ccc(NS(=O)(=O)c2ccc(NC(=O)[C@H](C)N(c3ccc4c(c3)OCCO4)S(C)(=O)=O)cc2)cc1. The molecule has 0 bridgehead atoms. The summed E-state index contributed by atoms with van der Waals surface area (Å²) in [5, 5.41) is 2.64.